The summed E-state index contributed by atoms with van der Waals surface area (Å²) in [5.41, 5.74) is 12.9. The number of nitrogens with one attached hydrogen (secondary N) is 5. The van der Waals surface area contributed by atoms with E-state index in [2.05, 4.69) is 92.7 Å². The molecule has 10 aromatic rings. The van der Waals surface area contributed by atoms with Gasteiger partial charge < -0.3 is 15.6 Å². The molecular formula is C46H54N16. The Balaban J connectivity index is 0.000000206. The molecule has 16 heteroatoms. The molecular weight excluding hydrogens is 777 g/mol. The van der Waals surface area contributed by atoms with Crippen molar-refractivity contribution in [2.24, 2.45) is 21.1 Å². The molecule has 5 N–H and O–H groups in total. The lowest BCUT2D eigenvalue weighted by Crippen LogP contribution is -2.02. The lowest BCUT2D eigenvalue weighted by atomic mass is 10.0. The molecule has 12 rings (SSSR count). The largest absolute Gasteiger partial charge is 0.342 e. The summed E-state index contributed by atoms with van der Waals surface area (Å²) in [7, 11) is 5.74. The van der Waals surface area contributed by atoms with Gasteiger partial charge >= 0.3 is 0 Å². The van der Waals surface area contributed by atoms with Gasteiger partial charge in [0.1, 0.15) is 5.82 Å². The highest BCUT2D eigenvalue weighted by molar-refractivity contribution is 5.90. The predicted molar refractivity (Wildman–Crippen MR) is 251 cm³/mol. The molecule has 4 aromatic carbocycles. The number of H-pyrrole nitrogens is 3. The zero-order valence-corrected chi connectivity index (χ0v) is 34.7. The van der Waals surface area contributed by atoms with Crippen molar-refractivity contribution in [1.29, 1.82) is 0 Å². The smallest absolute Gasteiger partial charge is 0.225 e. The number of benzene rings is 4. The second-order valence-electron chi connectivity index (χ2n) is 16.2. The van der Waals surface area contributed by atoms with Crippen LogP contribution in [0.25, 0.3) is 67.2 Å². The van der Waals surface area contributed by atoms with Crippen molar-refractivity contribution in [3.63, 3.8) is 0 Å². The minimum Gasteiger partial charge on any atom is -0.342 e. The predicted octanol–water partition coefficient (Wildman–Crippen LogP) is 10.3. The first-order valence-corrected chi connectivity index (χ1v) is 20.8. The molecule has 62 heavy (non-hydrogen) atoms. The number of hydrogen-bond acceptors (Lipinski definition) is 10. The average molecular weight is 831 g/mol. The topological polar surface area (TPSA) is 189 Å². The number of fused-ring (bicyclic) bond motifs is 2. The Bertz CT molecular complexity index is 3010. The fourth-order valence-corrected chi connectivity index (χ4v) is 8.09. The van der Waals surface area contributed by atoms with E-state index in [0.717, 1.165) is 61.9 Å². The Hall–Kier alpha value is -7.88. The van der Waals surface area contributed by atoms with Crippen LogP contribution in [0.4, 0.5) is 23.3 Å². The van der Waals surface area contributed by atoms with E-state index >= 15 is 0 Å². The molecule has 0 bridgehead atoms. The van der Waals surface area contributed by atoms with E-state index in [1.54, 1.807) is 14.0 Å². The molecule has 6 aromatic heterocycles. The number of aromatic nitrogens is 14. The summed E-state index contributed by atoms with van der Waals surface area (Å²) in [5, 5.41) is 37.7. The van der Waals surface area contributed by atoms with Crippen LogP contribution in [0.15, 0.2) is 104 Å². The van der Waals surface area contributed by atoms with Crippen molar-refractivity contribution in [3.8, 4) is 45.4 Å². The number of aromatic amines is 3. The van der Waals surface area contributed by atoms with E-state index < -0.39 is 0 Å². The Kier molecular flexibility index (Phi) is 8.98. The molecule has 0 spiro atoms. The number of imidazole rings is 1. The van der Waals surface area contributed by atoms with Gasteiger partial charge in [-0.3, -0.25) is 14.9 Å². The number of nitrogens with zero attached hydrogens (tertiary/aromatic N) is 11. The van der Waals surface area contributed by atoms with Crippen LogP contribution in [-0.4, -0.2) is 69.7 Å². The second-order valence-corrected chi connectivity index (χ2v) is 16.2. The minimum absolute atomic E-state index is 0. The van der Waals surface area contributed by atoms with Crippen LogP contribution >= 0.6 is 0 Å². The van der Waals surface area contributed by atoms with Gasteiger partial charge in [0.2, 0.25) is 11.9 Å². The van der Waals surface area contributed by atoms with Crippen molar-refractivity contribution in [1.82, 2.24) is 69.7 Å². The third-order valence-electron chi connectivity index (χ3n) is 11.6. The zero-order chi connectivity index (χ0) is 41.9. The lowest BCUT2D eigenvalue weighted by molar-refractivity contribution is 0.771. The van der Waals surface area contributed by atoms with Crippen LogP contribution < -0.4 is 10.6 Å². The highest BCUT2D eigenvalue weighted by Gasteiger charge is 2.30. The Labute approximate surface area is 363 Å². The van der Waals surface area contributed by atoms with Gasteiger partial charge in [-0.15, -0.1) is 10.2 Å². The summed E-state index contributed by atoms with van der Waals surface area (Å²) >= 11 is 0. The first-order chi connectivity index (χ1) is 30.3. The second kappa shape index (κ2) is 15.0. The highest BCUT2D eigenvalue weighted by Crippen LogP contribution is 2.48. The Morgan fingerprint density at radius 1 is 0.581 bits per heavy atom. The molecule has 2 fully saturated rings. The zero-order valence-electron chi connectivity index (χ0n) is 34.7. The number of hydrogen-bond donors (Lipinski definition) is 5. The van der Waals surface area contributed by atoms with E-state index in [-0.39, 0.29) is 7.13 Å². The first kappa shape index (κ1) is 37.1. The maximum Gasteiger partial charge on any atom is 0.225 e. The maximum absolute atomic E-state index is 4.77. The SMILES string of the molecule is Cc1cnc(-c2ccc(-c3nc(Nc4ccc5[nH]ncc5c4C4CC4)n(C)n3)cc2)[nH]1.Cn1ccc(-c2ccc(-c3nc(Nc4ccc5[nH]ncc5c4C4CC4)n(C)n3)cc2)n1.[HH].[HH].[HH].[HH].[HH]. The van der Waals surface area contributed by atoms with Crippen molar-refractivity contribution >= 4 is 45.1 Å². The molecule has 2 aliphatic carbocycles. The molecule has 0 saturated heterocycles. The van der Waals surface area contributed by atoms with Gasteiger partial charge in [0.15, 0.2) is 11.6 Å². The number of aryl methyl sites for hydroxylation is 4. The third kappa shape index (κ3) is 7.14. The quantitative estimate of drug-likeness (QED) is 0.0887. The molecule has 318 valence electrons. The van der Waals surface area contributed by atoms with Gasteiger partial charge in [-0.2, -0.15) is 25.3 Å². The van der Waals surface area contributed by atoms with Gasteiger partial charge in [-0.25, -0.2) is 14.3 Å². The standard InChI is InChI=1S/2C23H22N8.5H2/c1-30-12-11-18(28-30)14-3-7-16(8-4-14)22-26-23(31(2)29-22)25-20-10-9-19-17(13-24-27-19)21(20)15-5-6-15;1-13-11-24-21(26-13)15-5-7-16(8-6-15)22-28-23(31(2)30-22)27-19-10-9-18-17(12-25-29-18)20(19)14-3-4-14;;;;;/h3-4,7-13,15H,5-6H2,1-2H3,(H,24,27)(H,25,26,29);5-12,14H,3-4H2,1-2H3,(H,24,26)(H,25,29)(H,27,28,30);5*1H. The van der Waals surface area contributed by atoms with Gasteiger partial charge in [-0.1, -0.05) is 48.5 Å². The Morgan fingerprint density at radius 2 is 1.08 bits per heavy atom. The maximum atomic E-state index is 4.77. The summed E-state index contributed by atoms with van der Waals surface area (Å²) in [6.45, 7) is 2.00. The molecule has 0 unspecified atom stereocenters. The molecule has 0 atom stereocenters. The minimum atomic E-state index is 0. The summed E-state index contributed by atoms with van der Waals surface area (Å²) in [6, 6.07) is 26.6. The molecule has 0 aliphatic heterocycles. The van der Waals surface area contributed by atoms with E-state index in [9.17, 15) is 0 Å². The van der Waals surface area contributed by atoms with Crippen molar-refractivity contribution in [2.45, 2.75) is 44.4 Å². The molecule has 2 aliphatic rings. The third-order valence-corrected chi connectivity index (χ3v) is 11.6. The van der Waals surface area contributed by atoms with E-state index in [1.165, 1.54) is 47.6 Å². The Morgan fingerprint density at radius 3 is 1.53 bits per heavy atom. The average Bonchev–Trinajstić information content (AvgIpc) is 3.82. The lowest BCUT2D eigenvalue weighted by Gasteiger charge is -2.11. The highest BCUT2D eigenvalue weighted by atomic mass is 15.4. The molecule has 16 nitrogen and oxygen atoms in total. The molecule has 2 saturated carbocycles. The van der Waals surface area contributed by atoms with E-state index in [1.807, 2.05) is 95.3 Å². The molecule has 0 amide bonds. The fraction of sp³-hybridized carbons (Fsp3) is 0.217. The van der Waals surface area contributed by atoms with E-state index in [4.69, 9.17) is 9.97 Å². The first-order valence-electron chi connectivity index (χ1n) is 20.8. The monoisotopic (exact) mass is 830 g/mol. The van der Waals surface area contributed by atoms with Crippen LogP contribution in [0, 0.1) is 6.92 Å². The summed E-state index contributed by atoms with van der Waals surface area (Å²) < 4.78 is 5.38. The summed E-state index contributed by atoms with van der Waals surface area (Å²) in [5.74, 6) is 4.83. The summed E-state index contributed by atoms with van der Waals surface area (Å²) in [6.07, 6.45) is 12.5. The normalized spacial score (nSPS) is 13.7. The van der Waals surface area contributed by atoms with Crippen molar-refractivity contribution in [2.75, 3.05) is 10.6 Å². The van der Waals surface area contributed by atoms with Crippen LogP contribution in [-0.2, 0) is 21.1 Å². The van der Waals surface area contributed by atoms with Crippen LogP contribution in [0.5, 0.6) is 0 Å². The summed E-state index contributed by atoms with van der Waals surface area (Å²) in [4.78, 5) is 17.2. The fourth-order valence-electron chi connectivity index (χ4n) is 8.09. The van der Waals surface area contributed by atoms with E-state index in [0.29, 0.717) is 35.4 Å². The van der Waals surface area contributed by atoms with Gasteiger partial charge in [-0.05, 0) is 85.9 Å². The van der Waals surface area contributed by atoms with Gasteiger partial charge in [0.05, 0.1) is 29.1 Å². The molecule has 6 heterocycles. The van der Waals surface area contributed by atoms with Crippen LogP contribution in [0.2, 0.25) is 0 Å². The number of rotatable bonds is 10. The van der Waals surface area contributed by atoms with Crippen LogP contribution in [0.3, 0.4) is 0 Å². The van der Waals surface area contributed by atoms with Gasteiger partial charge in [0.25, 0.3) is 0 Å². The van der Waals surface area contributed by atoms with Crippen molar-refractivity contribution in [3.05, 3.63) is 120 Å². The number of anilines is 4. The van der Waals surface area contributed by atoms with Crippen LogP contribution in [0.1, 0.15) is 61.5 Å². The van der Waals surface area contributed by atoms with Crippen molar-refractivity contribution < 1.29 is 7.13 Å². The van der Waals surface area contributed by atoms with Gasteiger partial charge in [0, 0.05) is 90.8 Å². The molecule has 0 radical (unpaired) electrons.